The predicted octanol–water partition coefficient (Wildman–Crippen LogP) is 0.465. The average Bonchev–Trinajstić information content (AvgIpc) is 2.26. The zero-order valence-electron chi connectivity index (χ0n) is 9.03. The summed E-state index contributed by atoms with van der Waals surface area (Å²) in [7, 11) is -1.66. The molecule has 1 rings (SSSR count). The fraction of sp³-hybridized carbons (Fsp3) is 0.400. The highest BCUT2D eigenvalue weighted by Gasteiger charge is 2.10. The zero-order chi connectivity index (χ0) is 12.0. The van der Waals surface area contributed by atoms with E-state index in [2.05, 4.69) is 10.0 Å². The maximum absolute atomic E-state index is 13.2. The Morgan fingerprint density at radius 2 is 2.00 bits per heavy atom. The SMILES string of the molecule is CNCCS(=O)(=O)NCc1ccccc1F. The van der Waals surface area contributed by atoms with Crippen LogP contribution in [-0.4, -0.2) is 27.8 Å². The monoisotopic (exact) mass is 246 g/mol. The summed E-state index contributed by atoms with van der Waals surface area (Å²) in [6.07, 6.45) is 0. The van der Waals surface area contributed by atoms with Gasteiger partial charge in [-0.2, -0.15) is 0 Å². The largest absolute Gasteiger partial charge is 0.319 e. The maximum atomic E-state index is 13.2. The summed E-state index contributed by atoms with van der Waals surface area (Å²) < 4.78 is 38.3. The van der Waals surface area contributed by atoms with Crippen molar-refractivity contribution in [3.05, 3.63) is 35.6 Å². The Hall–Kier alpha value is -0.980. The standard InChI is InChI=1S/C10H15FN2O2S/c1-12-6-7-16(14,15)13-8-9-4-2-3-5-10(9)11/h2-5,12-13H,6-8H2,1H3. The van der Waals surface area contributed by atoms with Gasteiger partial charge in [0.2, 0.25) is 10.0 Å². The Morgan fingerprint density at radius 3 is 2.62 bits per heavy atom. The van der Waals surface area contributed by atoms with E-state index in [1.54, 1.807) is 25.2 Å². The molecule has 0 aliphatic carbocycles. The van der Waals surface area contributed by atoms with Gasteiger partial charge in [0.1, 0.15) is 5.82 Å². The highest BCUT2D eigenvalue weighted by atomic mass is 32.2. The first-order valence-corrected chi connectivity index (χ1v) is 6.56. The number of nitrogens with one attached hydrogen (secondary N) is 2. The summed E-state index contributed by atoms with van der Waals surface area (Å²) in [4.78, 5) is 0. The van der Waals surface area contributed by atoms with Crippen LogP contribution in [0.5, 0.6) is 0 Å². The second-order valence-corrected chi connectivity index (χ2v) is 5.26. The molecule has 0 aromatic heterocycles. The van der Waals surface area contributed by atoms with Crippen molar-refractivity contribution in [1.29, 1.82) is 0 Å². The van der Waals surface area contributed by atoms with E-state index in [0.29, 0.717) is 12.1 Å². The molecule has 0 radical (unpaired) electrons. The summed E-state index contributed by atoms with van der Waals surface area (Å²) in [6, 6.07) is 6.09. The van der Waals surface area contributed by atoms with Crippen molar-refractivity contribution in [1.82, 2.24) is 10.0 Å². The van der Waals surface area contributed by atoms with E-state index >= 15 is 0 Å². The van der Waals surface area contributed by atoms with Gasteiger partial charge >= 0.3 is 0 Å². The molecule has 4 nitrogen and oxygen atoms in total. The molecule has 0 heterocycles. The first kappa shape index (κ1) is 13.1. The van der Waals surface area contributed by atoms with Crippen LogP contribution in [0, 0.1) is 5.82 Å². The lowest BCUT2D eigenvalue weighted by atomic mass is 10.2. The van der Waals surface area contributed by atoms with Crippen molar-refractivity contribution < 1.29 is 12.8 Å². The zero-order valence-corrected chi connectivity index (χ0v) is 9.85. The van der Waals surface area contributed by atoms with Crippen molar-refractivity contribution >= 4 is 10.0 Å². The van der Waals surface area contributed by atoms with Crippen molar-refractivity contribution in [2.24, 2.45) is 0 Å². The van der Waals surface area contributed by atoms with Gasteiger partial charge in [0.05, 0.1) is 5.75 Å². The van der Waals surface area contributed by atoms with E-state index < -0.39 is 15.8 Å². The Balaban J connectivity index is 2.55. The van der Waals surface area contributed by atoms with E-state index in [1.165, 1.54) is 6.07 Å². The summed E-state index contributed by atoms with van der Waals surface area (Å²) in [5, 5.41) is 2.74. The number of hydrogen-bond donors (Lipinski definition) is 2. The third kappa shape index (κ3) is 4.26. The average molecular weight is 246 g/mol. The van der Waals surface area contributed by atoms with Gasteiger partial charge in [0.25, 0.3) is 0 Å². The number of rotatable bonds is 6. The summed E-state index contributed by atoms with van der Waals surface area (Å²) in [5.41, 5.74) is 0.343. The van der Waals surface area contributed by atoms with E-state index in [0.717, 1.165) is 0 Å². The third-order valence-electron chi connectivity index (χ3n) is 2.06. The van der Waals surface area contributed by atoms with Gasteiger partial charge in [-0.05, 0) is 13.1 Å². The molecule has 16 heavy (non-hydrogen) atoms. The summed E-state index contributed by atoms with van der Waals surface area (Å²) >= 11 is 0. The van der Waals surface area contributed by atoms with Crippen LogP contribution in [0.1, 0.15) is 5.56 Å². The summed E-state index contributed by atoms with van der Waals surface area (Å²) in [5.74, 6) is -0.420. The topological polar surface area (TPSA) is 58.2 Å². The molecule has 1 aromatic carbocycles. The highest BCUT2D eigenvalue weighted by Crippen LogP contribution is 2.05. The van der Waals surface area contributed by atoms with Crippen LogP contribution in [0.2, 0.25) is 0 Å². The molecule has 0 bridgehead atoms. The van der Waals surface area contributed by atoms with Gasteiger partial charge in [0, 0.05) is 18.7 Å². The molecule has 0 atom stereocenters. The van der Waals surface area contributed by atoms with Crippen LogP contribution in [0.4, 0.5) is 4.39 Å². The van der Waals surface area contributed by atoms with Crippen molar-refractivity contribution in [2.45, 2.75) is 6.54 Å². The fourth-order valence-corrected chi connectivity index (χ4v) is 2.13. The van der Waals surface area contributed by atoms with Gasteiger partial charge in [0.15, 0.2) is 0 Å². The molecule has 90 valence electrons. The molecular weight excluding hydrogens is 231 g/mol. The quantitative estimate of drug-likeness (QED) is 0.767. The lowest BCUT2D eigenvalue weighted by Crippen LogP contribution is -2.30. The first-order valence-electron chi connectivity index (χ1n) is 4.90. The molecule has 1 aromatic rings. The predicted molar refractivity (Wildman–Crippen MR) is 61.0 cm³/mol. The minimum atomic E-state index is -3.34. The van der Waals surface area contributed by atoms with Gasteiger partial charge < -0.3 is 5.32 Å². The first-order chi connectivity index (χ1) is 7.55. The molecular formula is C10H15FN2O2S. The van der Waals surface area contributed by atoms with E-state index in [-0.39, 0.29) is 12.3 Å². The van der Waals surface area contributed by atoms with Crippen LogP contribution in [0.15, 0.2) is 24.3 Å². The second kappa shape index (κ2) is 5.93. The van der Waals surface area contributed by atoms with Crippen molar-refractivity contribution in [3.8, 4) is 0 Å². The minimum Gasteiger partial charge on any atom is -0.319 e. The molecule has 0 saturated heterocycles. The van der Waals surface area contributed by atoms with E-state index in [1.807, 2.05) is 0 Å². The number of benzene rings is 1. The van der Waals surface area contributed by atoms with Gasteiger partial charge in [-0.25, -0.2) is 17.5 Å². The number of sulfonamides is 1. The lowest BCUT2D eigenvalue weighted by molar-refractivity contribution is 0.572. The van der Waals surface area contributed by atoms with Crippen LogP contribution in [0.3, 0.4) is 0 Å². The molecule has 2 N–H and O–H groups in total. The Morgan fingerprint density at radius 1 is 1.31 bits per heavy atom. The van der Waals surface area contributed by atoms with Crippen LogP contribution < -0.4 is 10.0 Å². The normalized spacial score (nSPS) is 11.6. The fourth-order valence-electron chi connectivity index (χ4n) is 1.14. The summed E-state index contributed by atoms with van der Waals surface area (Å²) in [6.45, 7) is 0.353. The number of halogens is 1. The molecule has 0 amide bonds. The van der Waals surface area contributed by atoms with E-state index in [4.69, 9.17) is 0 Å². The lowest BCUT2D eigenvalue weighted by Gasteiger charge is -2.06. The smallest absolute Gasteiger partial charge is 0.213 e. The Bertz CT molecular complexity index is 434. The number of hydrogen-bond acceptors (Lipinski definition) is 3. The molecule has 0 aliphatic heterocycles. The highest BCUT2D eigenvalue weighted by molar-refractivity contribution is 7.89. The van der Waals surface area contributed by atoms with Crippen molar-refractivity contribution in [3.63, 3.8) is 0 Å². The van der Waals surface area contributed by atoms with E-state index in [9.17, 15) is 12.8 Å². The molecule has 0 aliphatic rings. The Kier molecular flexibility index (Phi) is 4.85. The van der Waals surface area contributed by atoms with Gasteiger partial charge in [-0.1, -0.05) is 18.2 Å². The van der Waals surface area contributed by atoms with Crippen LogP contribution >= 0.6 is 0 Å². The van der Waals surface area contributed by atoms with Crippen molar-refractivity contribution in [2.75, 3.05) is 19.3 Å². The van der Waals surface area contributed by atoms with Crippen LogP contribution in [0.25, 0.3) is 0 Å². The molecule has 0 spiro atoms. The molecule has 0 unspecified atom stereocenters. The van der Waals surface area contributed by atoms with Crippen LogP contribution in [-0.2, 0) is 16.6 Å². The molecule has 0 saturated carbocycles. The second-order valence-electron chi connectivity index (χ2n) is 3.33. The minimum absolute atomic E-state index is 0.0152. The molecule has 0 fully saturated rings. The maximum Gasteiger partial charge on any atom is 0.213 e. The van der Waals surface area contributed by atoms with Gasteiger partial charge in [-0.15, -0.1) is 0 Å². The van der Waals surface area contributed by atoms with Gasteiger partial charge in [-0.3, -0.25) is 0 Å². The molecule has 6 heteroatoms. The Labute approximate surface area is 94.9 Å². The third-order valence-corrected chi connectivity index (χ3v) is 3.39.